The Bertz CT molecular complexity index is 220. The average Bonchev–Trinajstić information content (AvgIpc) is 2.82. The minimum absolute atomic E-state index is 0.0377. The van der Waals surface area contributed by atoms with Crippen molar-refractivity contribution in [2.24, 2.45) is 17.1 Å². The predicted molar refractivity (Wildman–Crippen MR) is 75.2 cm³/mol. The standard InChI is InChI=1S/C14H27NOS/c15-11-14(7-4-2-1-3-5-8-14)13(16)12-6-9-17-10-12/h12-13,16H,1-11,15H2. The van der Waals surface area contributed by atoms with Crippen molar-refractivity contribution in [2.75, 3.05) is 18.1 Å². The lowest BCUT2D eigenvalue weighted by atomic mass is 9.68. The predicted octanol–water partition coefficient (Wildman–Crippen LogP) is 2.79. The second-order valence-corrected chi connectivity index (χ2v) is 7.05. The third-order valence-corrected chi connectivity index (χ3v) is 5.98. The van der Waals surface area contributed by atoms with Crippen molar-refractivity contribution in [3.63, 3.8) is 0 Å². The van der Waals surface area contributed by atoms with Crippen LogP contribution in [0, 0.1) is 11.3 Å². The number of aliphatic hydroxyl groups is 1. The normalized spacial score (nSPS) is 31.8. The third kappa shape index (κ3) is 3.18. The van der Waals surface area contributed by atoms with Crippen LogP contribution < -0.4 is 5.73 Å². The van der Waals surface area contributed by atoms with Gasteiger partial charge >= 0.3 is 0 Å². The summed E-state index contributed by atoms with van der Waals surface area (Å²) >= 11 is 1.99. The van der Waals surface area contributed by atoms with Gasteiger partial charge in [-0.05, 0) is 36.7 Å². The molecule has 0 aromatic heterocycles. The molecule has 0 spiro atoms. The molecule has 0 aromatic carbocycles. The van der Waals surface area contributed by atoms with Crippen LogP contribution in [0.25, 0.3) is 0 Å². The van der Waals surface area contributed by atoms with E-state index in [2.05, 4.69) is 0 Å². The van der Waals surface area contributed by atoms with Gasteiger partial charge in [0.2, 0.25) is 0 Å². The molecule has 1 aliphatic heterocycles. The minimum Gasteiger partial charge on any atom is -0.392 e. The molecule has 2 atom stereocenters. The van der Waals surface area contributed by atoms with Gasteiger partial charge in [-0.3, -0.25) is 0 Å². The molecule has 0 amide bonds. The number of rotatable bonds is 3. The lowest BCUT2D eigenvalue weighted by molar-refractivity contribution is -0.0234. The molecule has 2 nitrogen and oxygen atoms in total. The van der Waals surface area contributed by atoms with E-state index in [9.17, 15) is 5.11 Å². The quantitative estimate of drug-likeness (QED) is 0.817. The molecule has 3 heteroatoms. The van der Waals surface area contributed by atoms with E-state index in [1.54, 1.807) is 0 Å². The molecule has 0 bridgehead atoms. The van der Waals surface area contributed by atoms with Gasteiger partial charge in [0.1, 0.15) is 0 Å². The Morgan fingerprint density at radius 3 is 2.35 bits per heavy atom. The lowest BCUT2D eigenvalue weighted by Gasteiger charge is -2.41. The van der Waals surface area contributed by atoms with E-state index in [-0.39, 0.29) is 11.5 Å². The van der Waals surface area contributed by atoms with Gasteiger partial charge in [-0.15, -0.1) is 0 Å². The van der Waals surface area contributed by atoms with Crippen LogP contribution in [0.5, 0.6) is 0 Å². The summed E-state index contributed by atoms with van der Waals surface area (Å²) in [6.45, 7) is 0.676. The summed E-state index contributed by atoms with van der Waals surface area (Å²) in [5.41, 5.74) is 6.10. The molecule has 1 aliphatic carbocycles. The summed E-state index contributed by atoms with van der Waals surface area (Å²) in [6.07, 6.45) is 9.87. The maximum absolute atomic E-state index is 10.7. The molecule has 0 radical (unpaired) electrons. The van der Waals surface area contributed by atoms with Crippen molar-refractivity contribution >= 4 is 11.8 Å². The van der Waals surface area contributed by atoms with Crippen LogP contribution in [0.15, 0.2) is 0 Å². The van der Waals surface area contributed by atoms with Crippen LogP contribution in [0.2, 0.25) is 0 Å². The molecule has 100 valence electrons. The monoisotopic (exact) mass is 257 g/mol. The van der Waals surface area contributed by atoms with Crippen molar-refractivity contribution in [2.45, 2.75) is 57.5 Å². The van der Waals surface area contributed by atoms with E-state index in [0.717, 1.165) is 18.6 Å². The van der Waals surface area contributed by atoms with Crippen molar-refractivity contribution < 1.29 is 5.11 Å². The molecule has 17 heavy (non-hydrogen) atoms. The summed E-state index contributed by atoms with van der Waals surface area (Å²) in [5, 5.41) is 10.7. The fourth-order valence-electron chi connectivity index (χ4n) is 3.53. The molecule has 1 heterocycles. The first-order valence-corrected chi connectivity index (χ1v) is 8.40. The molecular weight excluding hydrogens is 230 g/mol. The molecule has 1 saturated carbocycles. The first kappa shape index (κ1) is 13.7. The van der Waals surface area contributed by atoms with Gasteiger partial charge in [-0.25, -0.2) is 0 Å². The van der Waals surface area contributed by atoms with E-state index >= 15 is 0 Å². The summed E-state index contributed by atoms with van der Waals surface area (Å²) < 4.78 is 0. The molecule has 3 N–H and O–H groups in total. The molecule has 2 rings (SSSR count). The summed E-state index contributed by atoms with van der Waals surface area (Å²) in [5.74, 6) is 2.87. The van der Waals surface area contributed by atoms with E-state index < -0.39 is 0 Å². The minimum atomic E-state index is -0.152. The van der Waals surface area contributed by atoms with Gasteiger partial charge in [0, 0.05) is 12.0 Å². The number of thioether (sulfide) groups is 1. The summed E-state index contributed by atoms with van der Waals surface area (Å²) in [7, 11) is 0. The van der Waals surface area contributed by atoms with E-state index in [4.69, 9.17) is 5.73 Å². The van der Waals surface area contributed by atoms with E-state index in [0.29, 0.717) is 12.5 Å². The lowest BCUT2D eigenvalue weighted by Crippen LogP contribution is -2.46. The Labute approximate surface area is 110 Å². The van der Waals surface area contributed by atoms with Gasteiger partial charge in [0.15, 0.2) is 0 Å². The van der Waals surface area contributed by atoms with Crippen LogP contribution in [0.3, 0.4) is 0 Å². The molecule has 0 aromatic rings. The van der Waals surface area contributed by atoms with Gasteiger partial charge in [-0.2, -0.15) is 11.8 Å². The highest BCUT2D eigenvalue weighted by atomic mass is 32.2. The molecule has 2 fully saturated rings. The van der Waals surface area contributed by atoms with Crippen molar-refractivity contribution in [1.29, 1.82) is 0 Å². The highest BCUT2D eigenvalue weighted by Gasteiger charge is 2.41. The summed E-state index contributed by atoms with van der Waals surface area (Å²) in [4.78, 5) is 0. The zero-order chi connectivity index (χ0) is 12.1. The highest BCUT2D eigenvalue weighted by Crippen LogP contribution is 2.42. The fourth-order valence-corrected chi connectivity index (χ4v) is 4.82. The number of hydrogen-bond donors (Lipinski definition) is 2. The van der Waals surface area contributed by atoms with Crippen LogP contribution in [0.1, 0.15) is 51.4 Å². The molecule has 2 aliphatic rings. The first-order chi connectivity index (χ1) is 8.28. The second-order valence-electron chi connectivity index (χ2n) is 5.90. The SMILES string of the molecule is NCC1(C(O)C2CCSC2)CCCCCCC1. The Hall–Kier alpha value is 0.270. The van der Waals surface area contributed by atoms with Crippen LogP contribution >= 0.6 is 11.8 Å². The topological polar surface area (TPSA) is 46.2 Å². The van der Waals surface area contributed by atoms with Crippen molar-refractivity contribution in [3.8, 4) is 0 Å². The van der Waals surface area contributed by atoms with Crippen LogP contribution in [0.4, 0.5) is 0 Å². The Morgan fingerprint density at radius 2 is 1.82 bits per heavy atom. The molecular formula is C14H27NOS. The number of nitrogens with two attached hydrogens (primary N) is 1. The molecule has 1 saturated heterocycles. The zero-order valence-corrected chi connectivity index (χ0v) is 11.7. The van der Waals surface area contributed by atoms with Crippen molar-refractivity contribution in [3.05, 3.63) is 0 Å². The maximum Gasteiger partial charge on any atom is 0.0644 e. The van der Waals surface area contributed by atoms with Crippen molar-refractivity contribution in [1.82, 2.24) is 0 Å². The van der Waals surface area contributed by atoms with Crippen LogP contribution in [-0.2, 0) is 0 Å². The van der Waals surface area contributed by atoms with Gasteiger partial charge in [0.05, 0.1) is 6.10 Å². The van der Waals surface area contributed by atoms with Crippen LogP contribution in [-0.4, -0.2) is 29.3 Å². The highest BCUT2D eigenvalue weighted by molar-refractivity contribution is 7.99. The van der Waals surface area contributed by atoms with E-state index in [1.165, 1.54) is 44.3 Å². The third-order valence-electron chi connectivity index (χ3n) is 4.79. The Morgan fingerprint density at radius 1 is 1.18 bits per heavy atom. The smallest absolute Gasteiger partial charge is 0.0644 e. The van der Waals surface area contributed by atoms with Gasteiger partial charge in [0.25, 0.3) is 0 Å². The summed E-state index contributed by atoms with van der Waals surface area (Å²) in [6, 6.07) is 0. The first-order valence-electron chi connectivity index (χ1n) is 7.24. The Kier molecular flexibility index (Phi) is 5.19. The maximum atomic E-state index is 10.7. The molecule has 2 unspecified atom stereocenters. The average molecular weight is 257 g/mol. The number of hydrogen-bond acceptors (Lipinski definition) is 3. The van der Waals surface area contributed by atoms with Gasteiger partial charge in [-0.1, -0.05) is 32.1 Å². The van der Waals surface area contributed by atoms with Gasteiger partial charge < -0.3 is 10.8 Å². The van der Waals surface area contributed by atoms with E-state index in [1.807, 2.05) is 11.8 Å². The Balaban J connectivity index is 2.03. The second kappa shape index (κ2) is 6.44. The number of aliphatic hydroxyl groups excluding tert-OH is 1. The largest absolute Gasteiger partial charge is 0.392 e. The fraction of sp³-hybridized carbons (Fsp3) is 1.00. The zero-order valence-electron chi connectivity index (χ0n) is 10.9.